The lowest BCUT2D eigenvalue weighted by molar-refractivity contribution is -0.138. The molecule has 2 unspecified atom stereocenters. The van der Waals surface area contributed by atoms with Crippen LogP contribution in [0.2, 0.25) is 5.02 Å². The van der Waals surface area contributed by atoms with Crippen LogP contribution in [-0.2, 0) is 22.3 Å². The first-order valence-corrected chi connectivity index (χ1v) is 16.9. The molecule has 2 aliphatic heterocycles. The Morgan fingerprint density at radius 3 is 2.31 bits per heavy atom. The number of hydrogen-bond donors (Lipinski definition) is 2. The highest BCUT2D eigenvalue weighted by molar-refractivity contribution is 8.01. The van der Waals surface area contributed by atoms with E-state index in [1.54, 1.807) is 33.0 Å². The Labute approximate surface area is 285 Å². The summed E-state index contributed by atoms with van der Waals surface area (Å²) in [5.74, 6) is -0.530. The molecule has 4 amide bonds. The Bertz CT molecular complexity index is 1820. The lowest BCUT2D eigenvalue weighted by Crippen LogP contribution is -2.58. The molecule has 0 bridgehead atoms. The number of alkyl halides is 3. The van der Waals surface area contributed by atoms with Gasteiger partial charge in [-0.05, 0) is 55.8 Å². The van der Waals surface area contributed by atoms with Gasteiger partial charge in [-0.15, -0.1) is 11.8 Å². The Kier molecular flexibility index (Phi) is 9.41. The summed E-state index contributed by atoms with van der Waals surface area (Å²) < 4.78 is 38.8. The maximum Gasteiger partial charge on any atom is 0.416 e. The second-order valence-corrected chi connectivity index (χ2v) is 14.0. The van der Waals surface area contributed by atoms with Gasteiger partial charge in [0, 0.05) is 71.8 Å². The molecule has 2 fully saturated rings. The molecule has 8 nitrogen and oxygen atoms in total. The fourth-order valence-corrected chi connectivity index (χ4v) is 8.19. The van der Waals surface area contributed by atoms with Crippen LogP contribution in [0.15, 0.2) is 77.8 Å². The maximum atomic E-state index is 15.0. The van der Waals surface area contributed by atoms with E-state index in [-0.39, 0.29) is 43.9 Å². The van der Waals surface area contributed by atoms with Crippen molar-refractivity contribution in [1.82, 2.24) is 25.0 Å². The SMILES string of the molecule is CCNC(=O)N1CCN(C(=O)C2(Sc3ccc(C)cc3)CC(=O)N(Cc3ccc(C(F)(F)F)cc3)C2c2c[nH]c3cc(Cl)ccc23)CC1. The minimum atomic E-state index is -4.50. The lowest BCUT2D eigenvalue weighted by atomic mass is 9.90. The van der Waals surface area contributed by atoms with Crippen LogP contribution < -0.4 is 5.32 Å². The number of amides is 4. The van der Waals surface area contributed by atoms with Crippen LogP contribution in [-0.4, -0.2) is 75.0 Å². The van der Waals surface area contributed by atoms with Gasteiger partial charge >= 0.3 is 12.2 Å². The van der Waals surface area contributed by atoms with E-state index in [9.17, 15) is 22.8 Å². The molecule has 2 N–H and O–H groups in total. The zero-order chi connectivity index (χ0) is 34.2. The van der Waals surface area contributed by atoms with Crippen molar-refractivity contribution >= 4 is 52.1 Å². The zero-order valence-corrected chi connectivity index (χ0v) is 28.0. The van der Waals surface area contributed by atoms with Crippen molar-refractivity contribution in [3.63, 3.8) is 0 Å². The first-order valence-electron chi connectivity index (χ1n) is 15.7. The number of aryl methyl sites for hydroxylation is 1. The zero-order valence-electron chi connectivity index (χ0n) is 26.4. The Balaban J connectivity index is 1.45. The summed E-state index contributed by atoms with van der Waals surface area (Å²) in [4.78, 5) is 50.9. The average Bonchev–Trinajstić information content (AvgIpc) is 3.59. The first kappa shape index (κ1) is 33.7. The quantitative estimate of drug-likeness (QED) is 0.217. The highest BCUT2D eigenvalue weighted by atomic mass is 35.5. The number of carbonyl (C=O) groups is 3. The number of H-pyrrole nitrogens is 1. The van der Waals surface area contributed by atoms with Crippen LogP contribution in [0.4, 0.5) is 18.0 Å². The molecule has 2 atom stereocenters. The van der Waals surface area contributed by atoms with Gasteiger partial charge in [0.2, 0.25) is 11.8 Å². The van der Waals surface area contributed by atoms with Crippen LogP contribution in [0.1, 0.15) is 41.6 Å². The van der Waals surface area contributed by atoms with Gasteiger partial charge < -0.3 is 25.0 Å². The largest absolute Gasteiger partial charge is 0.416 e. The fraction of sp³-hybridized carbons (Fsp3) is 0.343. The molecule has 2 aliphatic rings. The van der Waals surface area contributed by atoms with Gasteiger partial charge in [-0.25, -0.2) is 4.79 Å². The molecule has 6 rings (SSSR count). The van der Waals surface area contributed by atoms with Gasteiger partial charge in [-0.2, -0.15) is 13.2 Å². The van der Waals surface area contributed by atoms with E-state index in [1.165, 1.54) is 23.9 Å². The van der Waals surface area contributed by atoms with E-state index in [1.807, 2.05) is 44.2 Å². The summed E-state index contributed by atoms with van der Waals surface area (Å²) in [6.07, 6.45) is -2.84. The van der Waals surface area contributed by atoms with Gasteiger partial charge in [-0.1, -0.05) is 47.5 Å². The van der Waals surface area contributed by atoms with Crippen molar-refractivity contribution in [2.75, 3.05) is 32.7 Å². The number of benzene rings is 3. The van der Waals surface area contributed by atoms with Crippen LogP contribution in [0, 0.1) is 6.92 Å². The number of nitrogens with one attached hydrogen (secondary N) is 2. The fourth-order valence-electron chi connectivity index (χ4n) is 6.55. The number of thioether (sulfide) groups is 1. The van der Waals surface area contributed by atoms with E-state index >= 15 is 4.79 Å². The number of nitrogens with zero attached hydrogens (tertiary/aromatic N) is 3. The monoisotopic (exact) mass is 697 g/mol. The molecular formula is C35H35ClF3N5O3S. The van der Waals surface area contributed by atoms with Crippen LogP contribution in [0.3, 0.4) is 0 Å². The Hall–Kier alpha value is -4.16. The van der Waals surface area contributed by atoms with Gasteiger partial charge in [0.05, 0.1) is 18.0 Å². The molecule has 0 saturated carbocycles. The number of fused-ring (bicyclic) bond motifs is 1. The van der Waals surface area contributed by atoms with Crippen molar-refractivity contribution < 1.29 is 27.6 Å². The normalized spacial score (nSPS) is 20.1. The third kappa shape index (κ3) is 6.60. The number of rotatable bonds is 7. The second kappa shape index (κ2) is 13.4. The number of likely N-dealkylation sites (tertiary alicyclic amines) is 1. The number of urea groups is 1. The minimum Gasteiger partial charge on any atom is -0.361 e. The third-order valence-corrected chi connectivity index (χ3v) is 10.6. The molecule has 48 heavy (non-hydrogen) atoms. The predicted octanol–water partition coefficient (Wildman–Crippen LogP) is 7.03. The van der Waals surface area contributed by atoms with E-state index in [4.69, 9.17) is 11.6 Å². The number of aromatic amines is 1. The topological polar surface area (TPSA) is 88.8 Å². The Morgan fingerprint density at radius 2 is 1.67 bits per heavy atom. The average molecular weight is 698 g/mol. The summed E-state index contributed by atoms with van der Waals surface area (Å²) >= 11 is 7.64. The molecule has 0 radical (unpaired) electrons. The molecule has 3 aromatic carbocycles. The molecular weight excluding hydrogens is 663 g/mol. The smallest absolute Gasteiger partial charge is 0.361 e. The van der Waals surface area contributed by atoms with Crippen molar-refractivity contribution in [1.29, 1.82) is 0 Å². The lowest BCUT2D eigenvalue weighted by Gasteiger charge is -2.42. The van der Waals surface area contributed by atoms with Gasteiger partial charge in [-0.3, -0.25) is 9.59 Å². The molecule has 1 aromatic heterocycles. The molecule has 0 spiro atoms. The molecule has 0 aliphatic carbocycles. The van der Waals surface area contributed by atoms with E-state index < -0.39 is 22.5 Å². The summed E-state index contributed by atoms with van der Waals surface area (Å²) in [6.45, 7) is 5.54. The van der Waals surface area contributed by atoms with Crippen molar-refractivity contribution in [2.24, 2.45) is 0 Å². The van der Waals surface area contributed by atoms with Crippen molar-refractivity contribution in [3.05, 3.63) is 100 Å². The second-order valence-electron chi connectivity index (χ2n) is 12.1. The van der Waals surface area contributed by atoms with E-state index in [2.05, 4.69) is 10.3 Å². The number of piperazine rings is 1. The van der Waals surface area contributed by atoms with E-state index in [0.717, 1.165) is 33.5 Å². The van der Waals surface area contributed by atoms with E-state index in [0.29, 0.717) is 35.8 Å². The standard InChI is InChI=1S/C35H35ClF3N5O3S/c1-3-40-33(47)43-16-14-42(15-17-43)32(46)34(48-26-11-4-22(2)5-12-26)19-30(45)44(21-23-6-8-24(9-7-23)35(37,38)39)31(34)28-20-41-29-18-25(36)10-13-27(28)29/h4-13,18,20,31,41H,3,14-17,19,21H2,1-2H3,(H,40,47). The number of aromatic nitrogens is 1. The van der Waals surface area contributed by atoms with Crippen LogP contribution >= 0.6 is 23.4 Å². The van der Waals surface area contributed by atoms with Crippen molar-refractivity contribution in [3.8, 4) is 0 Å². The highest BCUT2D eigenvalue weighted by Gasteiger charge is 2.60. The van der Waals surface area contributed by atoms with Crippen LogP contribution in [0.25, 0.3) is 10.9 Å². The third-order valence-electron chi connectivity index (χ3n) is 8.96. The molecule has 3 heterocycles. The Morgan fingerprint density at radius 1 is 1.00 bits per heavy atom. The maximum absolute atomic E-state index is 15.0. The summed E-state index contributed by atoms with van der Waals surface area (Å²) in [5.41, 5.74) is 2.19. The number of hydrogen-bond acceptors (Lipinski definition) is 4. The minimum absolute atomic E-state index is 0.00362. The van der Waals surface area contributed by atoms with Gasteiger partial charge in [0.1, 0.15) is 4.75 Å². The summed E-state index contributed by atoms with van der Waals surface area (Å²) in [5, 5.41) is 4.10. The summed E-state index contributed by atoms with van der Waals surface area (Å²) in [7, 11) is 0. The molecule has 2 saturated heterocycles. The molecule has 252 valence electrons. The first-order chi connectivity index (χ1) is 22.9. The molecule has 13 heteroatoms. The van der Waals surface area contributed by atoms with Gasteiger partial charge in [0.25, 0.3) is 0 Å². The number of carbonyl (C=O) groups excluding carboxylic acids is 3. The van der Waals surface area contributed by atoms with Crippen molar-refractivity contribution in [2.45, 2.75) is 48.7 Å². The van der Waals surface area contributed by atoms with Crippen LogP contribution in [0.5, 0.6) is 0 Å². The number of halogens is 4. The van der Waals surface area contributed by atoms with Gasteiger partial charge in [0.15, 0.2) is 0 Å². The predicted molar refractivity (Wildman–Crippen MR) is 180 cm³/mol. The molecule has 4 aromatic rings. The highest BCUT2D eigenvalue weighted by Crippen LogP contribution is 2.55. The summed E-state index contributed by atoms with van der Waals surface area (Å²) in [6, 6.07) is 16.9.